The van der Waals surface area contributed by atoms with E-state index in [9.17, 15) is 4.39 Å². The van der Waals surface area contributed by atoms with Crippen molar-refractivity contribution < 1.29 is 13.7 Å². The minimum absolute atomic E-state index is 0.284. The highest BCUT2D eigenvalue weighted by molar-refractivity contribution is 9.10. The van der Waals surface area contributed by atoms with Gasteiger partial charge in [0.05, 0.1) is 0 Å². The second kappa shape index (κ2) is 8.12. The summed E-state index contributed by atoms with van der Waals surface area (Å²) in [6.45, 7) is 6.27. The van der Waals surface area contributed by atoms with E-state index in [1.807, 2.05) is 6.07 Å². The van der Waals surface area contributed by atoms with Gasteiger partial charge in [-0.3, -0.25) is 4.90 Å². The second-order valence-electron chi connectivity index (χ2n) is 4.97. The zero-order valence-corrected chi connectivity index (χ0v) is 13.4. The predicted octanol–water partition coefficient (Wildman–Crippen LogP) is 2.43. The van der Waals surface area contributed by atoms with E-state index in [1.54, 1.807) is 0 Å². The summed E-state index contributed by atoms with van der Waals surface area (Å²) in [4.78, 5) is 2.35. The fraction of sp³-hybridized carbons (Fsp3) is 0.571. The summed E-state index contributed by atoms with van der Waals surface area (Å²) in [5.74, 6) is -0.284. The third-order valence-corrected chi connectivity index (χ3v) is 3.80. The Balaban J connectivity index is 1.92. The molecule has 0 aliphatic carbocycles. The number of benzene rings is 1. The highest BCUT2D eigenvalue weighted by atomic mass is 79.9. The summed E-state index contributed by atoms with van der Waals surface area (Å²) in [5, 5.41) is 0. The Morgan fingerprint density at radius 3 is 2.55 bits per heavy atom. The molecule has 1 saturated heterocycles. The summed E-state index contributed by atoms with van der Waals surface area (Å²) in [6.07, 6.45) is 2.39. The third-order valence-electron chi connectivity index (χ3n) is 3.34. The molecule has 0 aromatic heterocycles. The Kier molecular flexibility index (Phi) is 6.48. The van der Waals surface area contributed by atoms with Crippen LogP contribution in [-0.2, 0) is 9.31 Å². The Morgan fingerprint density at radius 1 is 1.25 bits per heavy atom. The van der Waals surface area contributed by atoms with E-state index in [2.05, 4.69) is 27.8 Å². The van der Waals surface area contributed by atoms with Crippen molar-refractivity contribution in [3.63, 3.8) is 0 Å². The minimum Gasteiger partial charge on any atom is -0.406 e. The van der Waals surface area contributed by atoms with Gasteiger partial charge in [0.25, 0.3) is 0 Å². The average molecular weight is 344 g/mol. The van der Waals surface area contributed by atoms with Gasteiger partial charge < -0.3 is 9.31 Å². The van der Waals surface area contributed by atoms with E-state index in [4.69, 9.17) is 9.31 Å². The first kappa shape index (κ1) is 16.0. The highest BCUT2D eigenvalue weighted by Gasteiger charge is 2.24. The maximum atomic E-state index is 13.4. The van der Waals surface area contributed by atoms with Crippen LogP contribution in [0.1, 0.15) is 19.8 Å². The van der Waals surface area contributed by atoms with E-state index in [0.29, 0.717) is 17.7 Å². The first-order chi connectivity index (χ1) is 9.69. The third kappa shape index (κ3) is 4.84. The second-order valence-corrected chi connectivity index (χ2v) is 5.89. The molecule has 0 atom stereocenters. The van der Waals surface area contributed by atoms with Crippen LogP contribution in [0.5, 0.6) is 0 Å². The lowest BCUT2D eigenvalue weighted by Gasteiger charge is -2.27. The molecule has 2 rings (SSSR count). The summed E-state index contributed by atoms with van der Waals surface area (Å²) in [7, 11) is -0.477. The lowest BCUT2D eigenvalue weighted by Crippen LogP contribution is -2.44. The molecule has 0 saturated carbocycles. The fourth-order valence-electron chi connectivity index (χ4n) is 2.25. The van der Waals surface area contributed by atoms with E-state index in [-0.39, 0.29) is 5.82 Å². The molecule has 1 fully saturated rings. The van der Waals surface area contributed by atoms with Crippen molar-refractivity contribution in [1.29, 1.82) is 0 Å². The van der Waals surface area contributed by atoms with E-state index >= 15 is 0 Å². The van der Waals surface area contributed by atoms with Crippen LogP contribution in [0.15, 0.2) is 22.7 Å². The van der Waals surface area contributed by atoms with Crippen LogP contribution in [0.25, 0.3) is 0 Å². The summed E-state index contributed by atoms with van der Waals surface area (Å²) < 4.78 is 25.6. The van der Waals surface area contributed by atoms with Gasteiger partial charge in [0, 0.05) is 30.8 Å². The molecule has 0 radical (unpaired) electrons. The monoisotopic (exact) mass is 343 g/mol. The SMILES string of the molecule is CCCCN1CCOB(c2cc(F)cc(Br)c2)OCC1. The van der Waals surface area contributed by atoms with Crippen LogP contribution in [0.4, 0.5) is 4.39 Å². The van der Waals surface area contributed by atoms with Gasteiger partial charge in [0.15, 0.2) is 0 Å². The van der Waals surface area contributed by atoms with Crippen LogP contribution < -0.4 is 5.46 Å². The quantitative estimate of drug-likeness (QED) is 0.784. The molecule has 20 heavy (non-hydrogen) atoms. The van der Waals surface area contributed by atoms with Crippen molar-refractivity contribution in [2.45, 2.75) is 19.8 Å². The Labute approximate surface area is 128 Å². The summed E-state index contributed by atoms with van der Waals surface area (Å²) in [6, 6.07) is 4.73. The summed E-state index contributed by atoms with van der Waals surface area (Å²) >= 11 is 3.29. The number of nitrogens with zero attached hydrogens (tertiary/aromatic N) is 1. The van der Waals surface area contributed by atoms with Crippen molar-refractivity contribution in [2.24, 2.45) is 0 Å². The summed E-state index contributed by atoms with van der Waals surface area (Å²) in [5.41, 5.74) is 0.721. The molecule has 0 spiro atoms. The molecular formula is C14H20BBrFNO2. The van der Waals surface area contributed by atoms with Crippen LogP contribution in [-0.4, -0.2) is 44.9 Å². The van der Waals surface area contributed by atoms with Crippen molar-refractivity contribution in [2.75, 3.05) is 32.8 Å². The molecule has 3 nitrogen and oxygen atoms in total. The lowest BCUT2D eigenvalue weighted by molar-refractivity contribution is 0.115. The van der Waals surface area contributed by atoms with Crippen LogP contribution in [0, 0.1) is 5.82 Å². The van der Waals surface area contributed by atoms with E-state index in [1.165, 1.54) is 25.0 Å². The Bertz CT molecular complexity index is 405. The zero-order valence-electron chi connectivity index (χ0n) is 11.8. The molecule has 0 N–H and O–H groups in total. The number of hydrogen-bond acceptors (Lipinski definition) is 3. The lowest BCUT2D eigenvalue weighted by atomic mass is 9.78. The Hall–Kier alpha value is -0.425. The maximum absolute atomic E-state index is 13.4. The van der Waals surface area contributed by atoms with Crippen molar-refractivity contribution in [3.05, 3.63) is 28.5 Å². The smallest absolute Gasteiger partial charge is 0.406 e. The molecule has 0 bridgehead atoms. The first-order valence-corrected chi connectivity index (χ1v) is 7.90. The maximum Gasteiger partial charge on any atom is 0.494 e. The average Bonchev–Trinajstić information content (AvgIpc) is 2.36. The van der Waals surface area contributed by atoms with Crippen LogP contribution in [0.2, 0.25) is 0 Å². The highest BCUT2D eigenvalue weighted by Crippen LogP contribution is 2.11. The predicted molar refractivity (Wildman–Crippen MR) is 82.7 cm³/mol. The van der Waals surface area contributed by atoms with Gasteiger partial charge in [-0.25, -0.2) is 4.39 Å². The normalized spacial score (nSPS) is 17.9. The molecule has 1 heterocycles. The van der Waals surface area contributed by atoms with Crippen molar-refractivity contribution in [3.8, 4) is 0 Å². The van der Waals surface area contributed by atoms with E-state index in [0.717, 1.165) is 25.1 Å². The molecular weight excluding hydrogens is 324 g/mol. The fourth-order valence-corrected chi connectivity index (χ4v) is 2.73. The molecule has 1 aromatic carbocycles. The zero-order chi connectivity index (χ0) is 14.4. The van der Waals surface area contributed by atoms with Gasteiger partial charge in [-0.1, -0.05) is 29.3 Å². The van der Waals surface area contributed by atoms with Gasteiger partial charge >= 0.3 is 7.12 Å². The van der Waals surface area contributed by atoms with Gasteiger partial charge in [0.2, 0.25) is 0 Å². The van der Waals surface area contributed by atoms with Gasteiger partial charge in [-0.2, -0.15) is 0 Å². The molecule has 110 valence electrons. The van der Waals surface area contributed by atoms with Crippen molar-refractivity contribution in [1.82, 2.24) is 4.90 Å². The van der Waals surface area contributed by atoms with Gasteiger partial charge in [-0.15, -0.1) is 0 Å². The molecule has 1 aliphatic rings. The molecule has 1 aliphatic heterocycles. The Morgan fingerprint density at radius 2 is 1.95 bits per heavy atom. The number of rotatable bonds is 4. The standard InChI is InChI=1S/C14H20BBrFNO2/c1-2-3-4-18-5-7-19-15(20-8-6-18)12-9-13(16)11-14(17)10-12/h9-11H,2-8H2,1H3. The first-order valence-electron chi connectivity index (χ1n) is 7.10. The van der Waals surface area contributed by atoms with Crippen molar-refractivity contribution >= 4 is 28.5 Å². The largest absolute Gasteiger partial charge is 0.494 e. The minimum atomic E-state index is -0.477. The number of halogens is 2. The number of hydrogen-bond donors (Lipinski definition) is 0. The molecule has 0 amide bonds. The molecule has 1 aromatic rings. The molecule has 0 unspecified atom stereocenters. The van der Waals surface area contributed by atoms with Crippen LogP contribution >= 0.6 is 15.9 Å². The molecule has 6 heteroatoms. The topological polar surface area (TPSA) is 21.7 Å². The van der Waals surface area contributed by atoms with Gasteiger partial charge in [0.1, 0.15) is 5.82 Å². The number of unbranched alkanes of at least 4 members (excludes halogenated alkanes) is 1. The van der Waals surface area contributed by atoms with E-state index < -0.39 is 7.12 Å². The van der Waals surface area contributed by atoms with Gasteiger partial charge in [-0.05, 0) is 36.6 Å². The van der Waals surface area contributed by atoms with Crippen LogP contribution in [0.3, 0.4) is 0 Å².